The fourth-order valence-electron chi connectivity index (χ4n) is 14.7. The molecule has 3 saturated carbocycles. The van der Waals surface area contributed by atoms with Gasteiger partial charge < -0.3 is 70.2 Å². The lowest BCUT2D eigenvalue weighted by Crippen LogP contribution is -2.41. The number of hydrogen-bond acceptors (Lipinski definition) is 22. The smallest absolute Gasteiger partial charge is 0.443 e. The van der Waals surface area contributed by atoms with Gasteiger partial charge in [-0.25, -0.2) is 38.1 Å². The van der Waals surface area contributed by atoms with E-state index in [1.54, 1.807) is 31.2 Å². The third-order valence-electron chi connectivity index (χ3n) is 22.4. The van der Waals surface area contributed by atoms with Crippen LogP contribution in [-0.4, -0.2) is 197 Å². The number of ether oxygens (including phenoxy) is 5. The number of benzene rings is 3. The number of nitrogens with one attached hydrogen (secondary N) is 7. The molecule has 10 heterocycles. The Balaban J connectivity index is 0.000000147. The molecule has 16 rings (SSSR count). The number of imidazole rings is 3. The molecule has 3 aliphatic carbocycles. The molecule has 9 aromatic rings. The van der Waals surface area contributed by atoms with Gasteiger partial charge in [0.2, 0.25) is 0 Å². The van der Waals surface area contributed by atoms with Gasteiger partial charge in [-0.2, -0.15) is 0 Å². The van der Waals surface area contributed by atoms with Crippen molar-refractivity contribution in [1.82, 2.24) is 59.7 Å². The highest BCUT2D eigenvalue weighted by molar-refractivity contribution is 14.1. The maximum absolute atomic E-state index is 13.7. The number of nitrogens with zero attached hydrogens (tertiary/aromatic N) is 11. The largest absolute Gasteiger partial charge is 0.494 e. The zero-order valence-corrected chi connectivity index (χ0v) is 79.1. The summed E-state index contributed by atoms with van der Waals surface area (Å²) in [6, 6.07) is 29.4. The fourth-order valence-corrected chi connectivity index (χ4v) is 15.2. The Bertz CT molecular complexity index is 5250. The number of carbonyl (C=O) groups is 5. The van der Waals surface area contributed by atoms with Crippen LogP contribution in [0.25, 0.3) is 39.5 Å². The molecule has 7 aliphatic rings. The highest BCUT2D eigenvalue weighted by Crippen LogP contribution is 2.39. The highest BCUT2D eigenvalue weighted by atomic mass is 127. The maximum Gasteiger partial charge on any atom is 0.494 e. The fraction of sp³-hybridized carbons (Fsp3) is 0.564. The van der Waals surface area contributed by atoms with Crippen molar-refractivity contribution >= 4 is 117 Å². The maximum atomic E-state index is 13.7. The minimum Gasteiger partial charge on any atom is -0.443 e. The van der Waals surface area contributed by atoms with E-state index in [2.05, 4.69) is 132 Å². The van der Waals surface area contributed by atoms with Gasteiger partial charge in [0.1, 0.15) is 32.4 Å². The molecule has 0 atom stereocenters. The first-order valence-corrected chi connectivity index (χ1v) is 45.7. The van der Waals surface area contributed by atoms with E-state index in [9.17, 15) is 24.0 Å². The molecule has 7 fully saturated rings. The van der Waals surface area contributed by atoms with Crippen molar-refractivity contribution in [3.05, 3.63) is 130 Å². The highest BCUT2D eigenvalue weighted by Gasteiger charge is 2.52. The van der Waals surface area contributed by atoms with Gasteiger partial charge in [-0.1, -0.05) is 36.4 Å². The molecule has 30 nitrogen and oxygen atoms in total. The Morgan fingerprint density at radius 1 is 0.444 bits per heavy atom. The lowest BCUT2D eigenvalue weighted by Gasteiger charge is -2.32. The van der Waals surface area contributed by atoms with Crippen LogP contribution in [-0.2, 0) is 33.0 Å². The molecule has 4 saturated heterocycles. The van der Waals surface area contributed by atoms with E-state index < -0.39 is 17.3 Å². The summed E-state index contributed by atoms with van der Waals surface area (Å²) in [6.07, 6.45) is 16.7. The molecule has 4 aliphatic heterocycles. The van der Waals surface area contributed by atoms with Crippen molar-refractivity contribution in [3.8, 4) is 22.5 Å². The Labute approximate surface area is 755 Å². The molecule has 678 valence electrons. The van der Waals surface area contributed by atoms with Crippen molar-refractivity contribution in [1.29, 1.82) is 0 Å². The van der Waals surface area contributed by atoms with E-state index >= 15 is 0 Å². The third-order valence-corrected chi connectivity index (χ3v) is 23.2. The zero-order chi connectivity index (χ0) is 90.4. The monoisotopic (exact) mass is 1840 g/mol. The molecular formula is C94H130BIN18O12. The van der Waals surface area contributed by atoms with E-state index in [1.165, 1.54) is 0 Å². The molecular weight excluding hydrogens is 1710 g/mol. The molecule has 0 spiro atoms. The van der Waals surface area contributed by atoms with Gasteiger partial charge in [0.15, 0.2) is 16.9 Å². The first-order chi connectivity index (χ1) is 59.4. The Morgan fingerprint density at radius 3 is 1.15 bits per heavy atom. The molecule has 0 bridgehead atoms. The number of rotatable bonds is 21. The van der Waals surface area contributed by atoms with Crippen LogP contribution >= 0.6 is 22.6 Å². The first-order valence-electron chi connectivity index (χ1n) is 44.7. The molecule has 5 amide bonds. The molecule has 126 heavy (non-hydrogen) atoms. The van der Waals surface area contributed by atoms with Crippen molar-refractivity contribution in [2.45, 2.75) is 266 Å². The second-order valence-electron chi connectivity index (χ2n) is 40.3. The van der Waals surface area contributed by atoms with Crippen molar-refractivity contribution < 1.29 is 57.0 Å². The Kier molecular flexibility index (Phi) is 29.1. The number of fused-ring (bicyclic) bond motifs is 3. The van der Waals surface area contributed by atoms with Gasteiger partial charge in [-0.3, -0.25) is 24.2 Å². The van der Waals surface area contributed by atoms with Crippen LogP contribution < -0.4 is 52.5 Å². The van der Waals surface area contributed by atoms with E-state index in [-0.39, 0.29) is 64.7 Å². The SMILES string of the molecule is CC(C)(C)Nc1cc(N(CC2CCOCC2)C(=O)OC(C)(C)C)c2ncc(-c3ccc(C(=O)NC4CC4)cc3)n2n1.CC(C)(C)Nc1cc(N(CC2CCOCC2)C(=O)OC(C)(C)C)c2ncc(I)n2n1.CC(C)(C)Nc1cc(NCC2CCOCC2)c2ncc(-c3ccc(C(=O)NC4CC4)cc3)n2n1.CC1(C)OB(c2ccc(C(=O)NC3CC3)cc2)OC1(C)C. The van der Waals surface area contributed by atoms with Crippen molar-refractivity contribution in [2.75, 3.05) is 90.3 Å². The minimum atomic E-state index is -0.658. The average Bonchev–Trinajstić information content (AvgIpc) is 1.64. The van der Waals surface area contributed by atoms with Crippen molar-refractivity contribution in [3.63, 3.8) is 0 Å². The average molecular weight is 1840 g/mol. The number of aromatic nitrogens is 9. The Hall–Kier alpha value is -9.74. The molecule has 6 aromatic heterocycles. The molecule has 7 N–H and O–H groups in total. The van der Waals surface area contributed by atoms with Crippen LogP contribution in [0.15, 0.2) is 110 Å². The quantitative estimate of drug-likeness (QED) is 0.0259. The van der Waals surface area contributed by atoms with Crippen molar-refractivity contribution in [2.24, 2.45) is 17.8 Å². The normalized spacial score (nSPS) is 17.6. The number of carbonyl (C=O) groups excluding carboxylic acids is 5. The van der Waals surface area contributed by atoms with Gasteiger partial charge in [-0.05, 0) is 291 Å². The Morgan fingerprint density at radius 2 is 0.778 bits per heavy atom. The van der Waals surface area contributed by atoms with Crippen LogP contribution in [0, 0.1) is 21.5 Å². The summed E-state index contributed by atoms with van der Waals surface area (Å²) in [5.74, 6) is 3.20. The topological polar surface area (TPSA) is 331 Å². The van der Waals surface area contributed by atoms with Crippen LogP contribution in [0.4, 0.5) is 44.1 Å². The number of hydrogen-bond donors (Lipinski definition) is 7. The van der Waals surface area contributed by atoms with Crippen LogP contribution in [0.5, 0.6) is 0 Å². The van der Waals surface area contributed by atoms with Crippen LogP contribution in [0.3, 0.4) is 0 Å². The van der Waals surface area contributed by atoms with Gasteiger partial charge in [0, 0.05) is 140 Å². The lowest BCUT2D eigenvalue weighted by molar-refractivity contribution is 0.00578. The van der Waals surface area contributed by atoms with Crippen LogP contribution in [0.1, 0.15) is 240 Å². The summed E-state index contributed by atoms with van der Waals surface area (Å²) in [6.45, 7) is 44.5. The molecule has 32 heteroatoms. The molecule has 3 aromatic carbocycles. The predicted molar refractivity (Wildman–Crippen MR) is 503 cm³/mol. The number of amides is 5. The van der Waals surface area contributed by atoms with E-state index in [4.69, 9.17) is 53.2 Å². The summed E-state index contributed by atoms with van der Waals surface area (Å²) in [5, 5.41) is 37.5. The minimum absolute atomic E-state index is 0.00188. The summed E-state index contributed by atoms with van der Waals surface area (Å²) >= 11 is 2.20. The first kappa shape index (κ1) is 93.9. The number of halogens is 1. The van der Waals surface area contributed by atoms with Gasteiger partial charge in [-0.15, -0.1) is 15.3 Å². The summed E-state index contributed by atoms with van der Waals surface area (Å²) in [7, 11) is -0.379. The lowest BCUT2D eigenvalue weighted by atomic mass is 9.79. The van der Waals surface area contributed by atoms with Gasteiger partial charge in [0.05, 0.1) is 58.2 Å². The van der Waals surface area contributed by atoms with E-state index in [0.717, 1.165) is 159 Å². The summed E-state index contributed by atoms with van der Waals surface area (Å²) < 4.78 is 46.5. The van der Waals surface area contributed by atoms with Crippen LogP contribution in [0.2, 0.25) is 0 Å². The standard InChI is InChI=1S/C31H42N6O4.C26H34N6O2.C21H32IN5O3.C16H22BNO3/c1-30(2,3)34-26-17-24(36(29(39)41-31(4,5)6)19-20-13-15-40-16-14-20)27-32-18-25(37(27)35-26)21-7-9-22(10-8-21)28(38)33-23-11-12-23;1-26(2,3)30-23-14-21(27-15-17-10-12-34-13-11-17)24-28-16-22(32(24)31-23)18-4-6-19(7-5-18)25(33)29-20-8-9-20;1-20(2,3)24-17-11-15(18-23-12-16(22)27(18)25-17)26(19(28)30-21(4,5)6)13-14-7-9-29-10-8-14;1-15(2)16(3,4)21-17(20-15)12-7-5-11(6-8-12)14(19)18-13-9-10-13/h7-10,17-18,20,23H,11-16,19H2,1-6H3,(H,33,38)(H,34,35);4-7,14,16-17,20,27H,8-13,15H2,1-3H3,(H,29,33)(H,30,31);11-12,14H,7-10,13H2,1-6H3,(H,24,25);5-8,13H,9-10H2,1-4H3,(H,18,19). The van der Waals surface area contributed by atoms with Gasteiger partial charge >= 0.3 is 19.3 Å². The number of anilines is 6. The van der Waals surface area contributed by atoms with Gasteiger partial charge in [0.25, 0.3) is 17.7 Å². The van der Waals surface area contributed by atoms with E-state index in [1.807, 2.05) is 171 Å². The summed E-state index contributed by atoms with van der Waals surface area (Å²) in [5.41, 5.74) is 8.10. The predicted octanol–water partition coefficient (Wildman–Crippen LogP) is 16.6. The second-order valence-corrected chi connectivity index (χ2v) is 41.4. The molecule has 0 radical (unpaired) electrons. The zero-order valence-electron chi connectivity index (χ0n) is 77.0. The molecule has 0 unspecified atom stereocenters. The van der Waals surface area contributed by atoms with E-state index in [0.29, 0.717) is 107 Å². The third kappa shape index (κ3) is 26.0. The summed E-state index contributed by atoms with van der Waals surface area (Å²) in [4.78, 5) is 81.2. The second kappa shape index (κ2) is 39.1.